The van der Waals surface area contributed by atoms with Crippen molar-refractivity contribution in [1.29, 1.82) is 0 Å². The fourth-order valence-electron chi connectivity index (χ4n) is 2.58. The first-order valence-corrected chi connectivity index (χ1v) is 7.66. The van der Waals surface area contributed by atoms with E-state index in [1.54, 1.807) is 0 Å². The van der Waals surface area contributed by atoms with Gasteiger partial charge in [0.2, 0.25) is 0 Å². The predicted molar refractivity (Wildman–Crippen MR) is 82.4 cm³/mol. The van der Waals surface area contributed by atoms with E-state index in [-0.39, 0.29) is 5.54 Å². The second-order valence-corrected chi connectivity index (χ2v) is 6.31. The molecular weight excluding hydrogens is 306 g/mol. The SMILES string of the molecule is CCN(CC)C(C)(C)C(O)Cc1c(Br)c(C)nn1C. The Labute approximate surface area is 124 Å². The largest absolute Gasteiger partial charge is 0.391 e. The van der Waals surface area contributed by atoms with Gasteiger partial charge in [-0.25, -0.2) is 0 Å². The normalized spacial score (nSPS) is 14.2. The van der Waals surface area contributed by atoms with Gasteiger partial charge < -0.3 is 5.11 Å². The van der Waals surface area contributed by atoms with Gasteiger partial charge >= 0.3 is 0 Å². The predicted octanol–water partition coefficient (Wildman–Crippen LogP) is 2.51. The summed E-state index contributed by atoms with van der Waals surface area (Å²) >= 11 is 3.56. The van der Waals surface area contributed by atoms with Gasteiger partial charge in [0.05, 0.1) is 22.0 Å². The highest BCUT2D eigenvalue weighted by Crippen LogP contribution is 2.26. The molecule has 0 amide bonds. The molecule has 1 aromatic rings. The van der Waals surface area contributed by atoms with Gasteiger partial charge in [-0.15, -0.1) is 0 Å². The summed E-state index contributed by atoms with van der Waals surface area (Å²) in [5.74, 6) is 0. The summed E-state index contributed by atoms with van der Waals surface area (Å²) in [6.45, 7) is 12.3. The van der Waals surface area contributed by atoms with Crippen molar-refractivity contribution in [3.8, 4) is 0 Å². The van der Waals surface area contributed by atoms with Crippen molar-refractivity contribution in [2.45, 2.75) is 52.7 Å². The lowest BCUT2D eigenvalue weighted by Crippen LogP contribution is -2.53. The van der Waals surface area contributed by atoms with E-state index >= 15 is 0 Å². The Morgan fingerprint density at radius 1 is 1.37 bits per heavy atom. The molecule has 4 nitrogen and oxygen atoms in total. The monoisotopic (exact) mass is 331 g/mol. The number of aliphatic hydroxyl groups excluding tert-OH is 1. The van der Waals surface area contributed by atoms with Gasteiger partial charge in [0.1, 0.15) is 0 Å². The van der Waals surface area contributed by atoms with E-state index in [2.05, 4.69) is 53.6 Å². The van der Waals surface area contributed by atoms with Gasteiger partial charge in [-0.2, -0.15) is 5.10 Å². The highest BCUT2D eigenvalue weighted by molar-refractivity contribution is 9.10. The zero-order valence-electron chi connectivity index (χ0n) is 12.9. The van der Waals surface area contributed by atoms with Crippen LogP contribution in [0.2, 0.25) is 0 Å². The van der Waals surface area contributed by atoms with Crippen molar-refractivity contribution in [3.05, 3.63) is 15.9 Å². The smallest absolute Gasteiger partial charge is 0.0774 e. The Bertz CT molecular complexity index is 425. The number of likely N-dealkylation sites (N-methyl/N-ethyl adjacent to an activating group) is 1. The van der Waals surface area contributed by atoms with E-state index in [4.69, 9.17) is 0 Å². The molecule has 1 heterocycles. The van der Waals surface area contributed by atoms with E-state index in [9.17, 15) is 5.11 Å². The van der Waals surface area contributed by atoms with Crippen LogP contribution in [0.5, 0.6) is 0 Å². The summed E-state index contributed by atoms with van der Waals surface area (Å²) in [4.78, 5) is 2.29. The van der Waals surface area contributed by atoms with Crippen LogP contribution >= 0.6 is 15.9 Å². The van der Waals surface area contributed by atoms with Crippen molar-refractivity contribution in [3.63, 3.8) is 0 Å². The molecule has 1 rings (SSSR count). The van der Waals surface area contributed by atoms with Crippen LogP contribution in [0, 0.1) is 6.92 Å². The van der Waals surface area contributed by atoms with Gasteiger partial charge in [-0.1, -0.05) is 13.8 Å². The Morgan fingerprint density at radius 3 is 2.26 bits per heavy atom. The van der Waals surface area contributed by atoms with Crippen LogP contribution < -0.4 is 0 Å². The molecule has 19 heavy (non-hydrogen) atoms. The van der Waals surface area contributed by atoms with Crippen molar-refractivity contribution in [1.82, 2.24) is 14.7 Å². The van der Waals surface area contributed by atoms with Gasteiger partial charge in [0.25, 0.3) is 0 Å². The number of aryl methyl sites for hydroxylation is 2. The molecule has 5 heteroatoms. The molecule has 0 spiro atoms. The maximum Gasteiger partial charge on any atom is 0.0774 e. The second-order valence-electron chi connectivity index (χ2n) is 5.52. The molecule has 0 saturated carbocycles. The number of halogens is 1. The standard InChI is InChI=1S/C14H26BrN3O/c1-7-18(8-2)14(4,5)12(19)9-11-13(15)10(3)16-17(11)6/h12,19H,7-9H2,1-6H3. The van der Waals surface area contributed by atoms with Gasteiger partial charge in [0.15, 0.2) is 0 Å². The van der Waals surface area contributed by atoms with Crippen molar-refractivity contribution in [2.24, 2.45) is 7.05 Å². The molecule has 1 aromatic heterocycles. The molecule has 1 atom stereocenters. The fraction of sp³-hybridized carbons (Fsp3) is 0.786. The van der Waals surface area contributed by atoms with E-state index in [0.29, 0.717) is 6.42 Å². The van der Waals surface area contributed by atoms with E-state index < -0.39 is 6.10 Å². The number of nitrogens with zero attached hydrogens (tertiary/aromatic N) is 3. The average molecular weight is 332 g/mol. The fourth-order valence-corrected chi connectivity index (χ4v) is 3.08. The van der Waals surface area contributed by atoms with Gasteiger partial charge in [-0.05, 0) is 49.8 Å². The molecule has 0 aliphatic heterocycles. The lowest BCUT2D eigenvalue weighted by Gasteiger charge is -2.41. The van der Waals surface area contributed by atoms with E-state index in [0.717, 1.165) is 29.0 Å². The molecule has 0 aromatic carbocycles. The summed E-state index contributed by atoms with van der Waals surface area (Å²) in [5, 5.41) is 15.0. The Kier molecular flexibility index (Phi) is 5.59. The van der Waals surface area contributed by atoms with Crippen LogP contribution in [0.1, 0.15) is 39.1 Å². The van der Waals surface area contributed by atoms with Gasteiger partial charge in [-0.3, -0.25) is 9.58 Å². The first-order chi connectivity index (χ1) is 8.75. The topological polar surface area (TPSA) is 41.3 Å². The number of hydrogen-bond acceptors (Lipinski definition) is 3. The summed E-state index contributed by atoms with van der Waals surface area (Å²) in [5.41, 5.74) is 1.76. The summed E-state index contributed by atoms with van der Waals surface area (Å²) in [6.07, 6.45) is 0.167. The quantitative estimate of drug-likeness (QED) is 0.870. The maximum atomic E-state index is 10.6. The van der Waals surface area contributed by atoms with Gasteiger partial charge in [0, 0.05) is 19.0 Å². The zero-order chi connectivity index (χ0) is 14.8. The summed E-state index contributed by atoms with van der Waals surface area (Å²) in [7, 11) is 1.92. The molecular formula is C14H26BrN3O. The van der Waals surface area contributed by atoms with E-state index in [1.807, 2.05) is 18.7 Å². The van der Waals surface area contributed by atoms with Crippen LogP contribution in [0.4, 0.5) is 0 Å². The molecule has 0 fully saturated rings. The number of hydrogen-bond donors (Lipinski definition) is 1. The molecule has 0 saturated heterocycles. The Hall–Kier alpha value is -0.390. The number of aromatic nitrogens is 2. The Balaban J connectivity index is 2.92. The number of aliphatic hydroxyl groups is 1. The average Bonchev–Trinajstić information content (AvgIpc) is 2.57. The third-order valence-corrected chi connectivity index (χ3v) is 5.07. The third-order valence-electron chi connectivity index (χ3n) is 4.04. The highest BCUT2D eigenvalue weighted by atomic mass is 79.9. The highest BCUT2D eigenvalue weighted by Gasteiger charge is 2.33. The summed E-state index contributed by atoms with van der Waals surface area (Å²) < 4.78 is 2.85. The lowest BCUT2D eigenvalue weighted by atomic mass is 9.91. The van der Waals surface area contributed by atoms with Crippen LogP contribution in [-0.2, 0) is 13.5 Å². The molecule has 1 unspecified atom stereocenters. The first-order valence-electron chi connectivity index (χ1n) is 6.86. The third kappa shape index (κ3) is 3.38. The zero-order valence-corrected chi connectivity index (χ0v) is 14.5. The molecule has 110 valence electrons. The maximum absolute atomic E-state index is 10.6. The summed E-state index contributed by atoms with van der Waals surface area (Å²) in [6, 6.07) is 0. The van der Waals surface area contributed by atoms with Crippen molar-refractivity contribution in [2.75, 3.05) is 13.1 Å². The second kappa shape index (κ2) is 6.37. The van der Waals surface area contributed by atoms with E-state index in [1.165, 1.54) is 0 Å². The molecule has 1 N–H and O–H groups in total. The minimum Gasteiger partial charge on any atom is -0.391 e. The van der Waals surface area contributed by atoms with Crippen LogP contribution in [0.25, 0.3) is 0 Å². The minimum atomic E-state index is -0.432. The molecule has 0 radical (unpaired) electrons. The van der Waals surface area contributed by atoms with Crippen LogP contribution in [-0.4, -0.2) is 44.5 Å². The molecule has 0 aliphatic carbocycles. The molecule has 0 bridgehead atoms. The first kappa shape index (κ1) is 16.7. The van der Waals surface area contributed by atoms with Crippen LogP contribution in [0.3, 0.4) is 0 Å². The minimum absolute atomic E-state index is 0.249. The lowest BCUT2D eigenvalue weighted by molar-refractivity contribution is -0.00515. The Morgan fingerprint density at radius 2 is 1.89 bits per heavy atom. The van der Waals surface area contributed by atoms with Crippen molar-refractivity contribution < 1.29 is 5.11 Å². The number of rotatable bonds is 6. The molecule has 0 aliphatic rings. The van der Waals surface area contributed by atoms with Crippen molar-refractivity contribution >= 4 is 15.9 Å². The van der Waals surface area contributed by atoms with Crippen LogP contribution in [0.15, 0.2) is 4.47 Å².